The molecular weight excluding hydrogens is 300 g/mol. The first-order chi connectivity index (χ1) is 11.4. The standard InChI is InChI=1S/C21H32O3/c1-20-8-5-14(23)12-18(20)13(7-10-22)11-15-16-3-4-19(24)21(16,2)9-6-17(15)20/h13,15-18,22H,3-12H2,1-2H3/t13?,15-,16-,17+,18?,20+,21-/m0/s1. The van der Waals surface area contributed by atoms with Gasteiger partial charge in [0, 0.05) is 31.3 Å². The van der Waals surface area contributed by atoms with Crippen molar-refractivity contribution in [1.29, 1.82) is 0 Å². The largest absolute Gasteiger partial charge is 0.396 e. The zero-order valence-electron chi connectivity index (χ0n) is 15.2. The molecule has 4 aliphatic carbocycles. The van der Waals surface area contributed by atoms with Crippen LogP contribution in [0.25, 0.3) is 0 Å². The van der Waals surface area contributed by atoms with E-state index in [1.807, 2.05) is 0 Å². The van der Waals surface area contributed by atoms with Gasteiger partial charge in [-0.1, -0.05) is 13.8 Å². The summed E-state index contributed by atoms with van der Waals surface area (Å²) in [7, 11) is 0. The Morgan fingerprint density at radius 1 is 1.04 bits per heavy atom. The fourth-order valence-electron chi connectivity index (χ4n) is 7.54. The van der Waals surface area contributed by atoms with Crippen LogP contribution in [0.15, 0.2) is 0 Å². The molecule has 2 unspecified atom stereocenters. The lowest BCUT2D eigenvalue weighted by Gasteiger charge is -2.61. The van der Waals surface area contributed by atoms with Crippen LogP contribution in [0, 0.1) is 40.4 Å². The Morgan fingerprint density at radius 2 is 1.83 bits per heavy atom. The number of hydrogen-bond donors (Lipinski definition) is 1. The maximum absolute atomic E-state index is 12.5. The lowest BCUT2D eigenvalue weighted by atomic mass is 9.43. The molecule has 1 N–H and O–H groups in total. The van der Waals surface area contributed by atoms with Crippen LogP contribution in [0.4, 0.5) is 0 Å². The van der Waals surface area contributed by atoms with Gasteiger partial charge in [0.1, 0.15) is 11.6 Å². The predicted molar refractivity (Wildman–Crippen MR) is 92.3 cm³/mol. The SMILES string of the molecule is C[C@]12CCC(=O)CC1C(CCO)C[C@@H]1[C@H]2CC[C@]2(C)C(=O)CC[C@@H]12. The third kappa shape index (κ3) is 2.19. The van der Waals surface area contributed by atoms with Crippen LogP contribution < -0.4 is 0 Å². The monoisotopic (exact) mass is 332 g/mol. The number of fused-ring (bicyclic) bond motifs is 5. The van der Waals surface area contributed by atoms with Crippen molar-refractivity contribution in [1.82, 2.24) is 0 Å². The number of aliphatic hydroxyl groups excluding tert-OH is 1. The average Bonchev–Trinajstić information content (AvgIpc) is 2.85. The van der Waals surface area contributed by atoms with Crippen molar-refractivity contribution in [3.8, 4) is 0 Å². The lowest BCUT2D eigenvalue weighted by Crippen LogP contribution is -2.56. The van der Waals surface area contributed by atoms with Gasteiger partial charge in [0.25, 0.3) is 0 Å². The summed E-state index contributed by atoms with van der Waals surface area (Å²) in [5, 5.41) is 9.60. The molecule has 0 spiro atoms. The van der Waals surface area contributed by atoms with E-state index < -0.39 is 0 Å². The van der Waals surface area contributed by atoms with Crippen molar-refractivity contribution in [2.45, 2.75) is 71.6 Å². The van der Waals surface area contributed by atoms with E-state index >= 15 is 0 Å². The maximum Gasteiger partial charge on any atom is 0.139 e. The topological polar surface area (TPSA) is 54.4 Å². The minimum absolute atomic E-state index is 0.0847. The van der Waals surface area contributed by atoms with Crippen LogP contribution in [0.2, 0.25) is 0 Å². The van der Waals surface area contributed by atoms with E-state index in [0.29, 0.717) is 41.2 Å². The van der Waals surface area contributed by atoms with E-state index in [1.54, 1.807) is 0 Å². The molecule has 0 heterocycles. The van der Waals surface area contributed by atoms with Gasteiger partial charge in [0.05, 0.1) is 0 Å². The fraction of sp³-hybridized carbons (Fsp3) is 0.905. The van der Waals surface area contributed by atoms with E-state index in [2.05, 4.69) is 13.8 Å². The summed E-state index contributed by atoms with van der Waals surface area (Å²) in [6.45, 7) is 4.89. The molecule has 4 fully saturated rings. The molecule has 0 saturated heterocycles. The van der Waals surface area contributed by atoms with Crippen LogP contribution in [0.1, 0.15) is 71.6 Å². The number of rotatable bonds is 2. The fourth-order valence-corrected chi connectivity index (χ4v) is 7.54. The summed E-state index contributed by atoms with van der Waals surface area (Å²) < 4.78 is 0. The Bertz CT molecular complexity index is 555. The zero-order chi connectivity index (χ0) is 17.1. The van der Waals surface area contributed by atoms with E-state index in [1.165, 1.54) is 0 Å². The Kier molecular flexibility index (Phi) is 3.95. The quantitative estimate of drug-likeness (QED) is 0.837. The molecule has 134 valence electrons. The Balaban J connectivity index is 1.69. The van der Waals surface area contributed by atoms with Gasteiger partial charge in [-0.15, -0.1) is 0 Å². The second-order valence-electron chi connectivity index (χ2n) is 9.66. The van der Waals surface area contributed by atoms with E-state index in [4.69, 9.17) is 0 Å². The van der Waals surface area contributed by atoms with Gasteiger partial charge in [-0.25, -0.2) is 0 Å². The summed E-state index contributed by atoms with van der Waals surface area (Å²) >= 11 is 0. The third-order valence-electron chi connectivity index (χ3n) is 8.87. The first-order valence-corrected chi connectivity index (χ1v) is 10.1. The van der Waals surface area contributed by atoms with Gasteiger partial charge < -0.3 is 5.11 Å². The van der Waals surface area contributed by atoms with Gasteiger partial charge in [-0.3, -0.25) is 9.59 Å². The highest BCUT2D eigenvalue weighted by molar-refractivity contribution is 5.87. The molecule has 0 bridgehead atoms. The Morgan fingerprint density at radius 3 is 2.58 bits per heavy atom. The van der Waals surface area contributed by atoms with Crippen LogP contribution in [-0.4, -0.2) is 23.3 Å². The van der Waals surface area contributed by atoms with Crippen molar-refractivity contribution in [2.24, 2.45) is 40.4 Å². The minimum Gasteiger partial charge on any atom is -0.396 e. The third-order valence-corrected chi connectivity index (χ3v) is 8.87. The highest BCUT2D eigenvalue weighted by atomic mass is 16.3. The highest BCUT2D eigenvalue weighted by Crippen LogP contribution is 2.66. The van der Waals surface area contributed by atoms with Crippen molar-refractivity contribution in [3.05, 3.63) is 0 Å². The van der Waals surface area contributed by atoms with Gasteiger partial charge in [0.2, 0.25) is 0 Å². The molecule has 7 atom stereocenters. The maximum atomic E-state index is 12.5. The molecule has 0 aromatic rings. The molecule has 0 radical (unpaired) electrons. The van der Waals surface area contributed by atoms with Gasteiger partial charge in [-0.2, -0.15) is 0 Å². The van der Waals surface area contributed by atoms with Crippen LogP contribution in [0.3, 0.4) is 0 Å². The molecule has 0 aromatic heterocycles. The summed E-state index contributed by atoms with van der Waals surface area (Å²) in [6.07, 6.45) is 8.51. The summed E-state index contributed by atoms with van der Waals surface area (Å²) in [5.74, 6) is 3.68. The molecule has 3 heteroatoms. The van der Waals surface area contributed by atoms with Crippen molar-refractivity contribution in [2.75, 3.05) is 6.61 Å². The Hall–Kier alpha value is -0.700. The zero-order valence-corrected chi connectivity index (χ0v) is 15.2. The van der Waals surface area contributed by atoms with E-state index in [-0.39, 0.29) is 17.4 Å². The molecule has 4 saturated carbocycles. The molecule has 4 aliphatic rings. The van der Waals surface area contributed by atoms with Crippen LogP contribution in [-0.2, 0) is 9.59 Å². The van der Waals surface area contributed by atoms with Gasteiger partial charge in [0.15, 0.2) is 0 Å². The molecule has 4 rings (SSSR count). The van der Waals surface area contributed by atoms with Gasteiger partial charge >= 0.3 is 0 Å². The van der Waals surface area contributed by atoms with E-state index in [0.717, 1.165) is 57.8 Å². The smallest absolute Gasteiger partial charge is 0.139 e. The molecule has 0 amide bonds. The number of Topliss-reactive ketones (excluding diaryl/α,β-unsaturated/α-hetero) is 2. The second kappa shape index (κ2) is 5.65. The van der Waals surface area contributed by atoms with Crippen LogP contribution in [0.5, 0.6) is 0 Å². The van der Waals surface area contributed by atoms with Crippen molar-refractivity contribution >= 4 is 11.6 Å². The van der Waals surface area contributed by atoms with E-state index in [9.17, 15) is 14.7 Å². The summed E-state index contributed by atoms with van der Waals surface area (Å²) in [6, 6.07) is 0. The number of carbonyl (C=O) groups is 2. The minimum atomic E-state index is -0.0847. The number of carbonyl (C=O) groups excluding carboxylic acids is 2. The van der Waals surface area contributed by atoms with Crippen LogP contribution >= 0.6 is 0 Å². The lowest BCUT2D eigenvalue weighted by molar-refractivity contribution is -0.154. The molecule has 0 aliphatic heterocycles. The summed E-state index contributed by atoms with van der Waals surface area (Å²) in [4.78, 5) is 24.7. The van der Waals surface area contributed by atoms with Gasteiger partial charge in [-0.05, 0) is 73.5 Å². The van der Waals surface area contributed by atoms with Crippen molar-refractivity contribution < 1.29 is 14.7 Å². The molecule has 24 heavy (non-hydrogen) atoms. The average molecular weight is 332 g/mol. The highest BCUT2D eigenvalue weighted by Gasteiger charge is 2.61. The van der Waals surface area contributed by atoms with Crippen molar-refractivity contribution in [3.63, 3.8) is 0 Å². The normalized spacial score (nSPS) is 51.0. The Labute approximate surface area is 145 Å². The second-order valence-corrected chi connectivity index (χ2v) is 9.66. The molecule has 3 nitrogen and oxygen atoms in total. The number of ketones is 2. The number of aliphatic hydroxyl groups is 1. The predicted octanol–water partition coefficient (Wildman–Crippen LogP) is 3.78. The summed E-state index contributed by atoms with van der Waals surface area (Å²) in [5.41, 5.74) is 0.155. The number of hydrogen-bond acceptors (Lipinski definition) is 3. The first kappa shape index (κ1) is 16.8. The molecular formula is C21H32O3. The first-order valence-electron chi connectivity index (χ1n) is 10.1. The molecule has 0 aromatic carbocycles.